The largest absolute Gasteiger partial charge is 0.355 e. The van der Waals surface area contributed by atoms with Crippen LogP contribution in [0.4, 0.5) is 0 Å². The molecule has 16 heavy (non-hydrogen) atoms. The minimum atomic E-state index is -0.415. The summed E-state index contributed by atoms with van der Waals surface area (Å²) in [7, 11) is 0. The normalized spacial score (nSPS) is 12.3. The van der Waals surface area contributed by atoms with Gasteiger partial charge in [-0.05, 0) is 11.6 Å². The smallest absolute Gasteiger partial charge is 0.132 e. The SMILES string of the molecule is NC(OCc1ccccc1)c1[c]cccc1. The third-order valence-electron chi connectivity index (χ3n) is 2.31. The third-order valence-corrected chi connectivity index (χ3v) is 2.31. The fourth-order valence-corrected chi connectivity index (χ4v) is 1.43. The van der Waals surface area contributed by atoms with E-state index in [9.17, 15) is 0 Å². The number of hydrogen-bond donors (Lipinski definition) is 1. The topological polar surface area (TPSA) is 35.2 Å². The Kier molecular flexibility index (Phi) is 3.70. The van der Waals surface area contributed by atoms with E-state index >= 15 is 0 Å². The Labute approximate surface area is 95.7 Å². The lowest BCUT2D eigenvalue weighted by molar-refractivity contribution is 0.0440. The van der Waals surface area contributed by atoms with Gasteiger partial charge in [-0.15, -0.1) is 0 Å². The number of ether oxygens (including phenoxy) is 1. The van der Waals surface area contributed by atoms with E-state index in [0.717, 1.165) is 11.1 Å². The molecule has 0 amide bonds. The van der Waals surface area contributed by atoms with Crippen LogP contribution in [0, 0.1) is 6.07 Å². The van der Waals surface area contributed by atoms with Crippen molar-refractivity contribution in [3.8, 4) is 0 Å². The minimum absolute atomic E-state index is 0.415. The standard InChI is InChI=1S/C14H14NO/c15-14(13-9-5-2-6-10-13)16-11-12-7-3-1-4-8-12/h1-9,14H,11,15H2. The van der Waals surface area contributed by atoms with Crippen LogP contribution in [0.1, 0.15) is 17.4 Å². The van der Waals surface area contributed by atoms with Gasteiger partial charge in [0.25, 0.3) is 0 Å². The van der Waals surface area contributed by atoms with Crippen LogP contribution in [0.2, 0.25) is 0 Å². The fraction of sp³-hybridized carbons (Fsp3) is 0.143. The zero-order valence-electron chi connectivity index (χ0n) is 8.97. The molecule has 2 rings (SSSR count). The molecule has 0 spiro atoms. The molecule has 2 heteroatoms. The first-order chi connectivity index (χ1) is 7.86. The molecule has 0 aliphatic heterocycles. The van der Waals surface area contributed by atoms with Crippen molar-refractivity contribution < 1.29 is 4.74 Å². The fourth-order valence-electron chi connectivity index (χ4n) is 1.43. The zero-order chi connectivity index (χ0) is 11.2. The van der Waals surface area contributed by atoms with Gasteiger partial charge < -0.3 is 10.5 Å². The van der Waals surface area contributed by atoms with E-state index in [1.807, 2.05) is 54.6 Å². The van der Waals surface area contributed by atoms with Gasteiger partial charge in [0.05, 0.1) is 6.61 Å². The van der Waals surface area contributed by atoms with E-state index < -0.39 is 6.23 Å². The first kappa shape index (κ1) is 10.9. The summed E-state index contributed by atoms with van der Waals surface area (Å²) in [6.07, 6.45) is -0.415. The van der Waals surface area contributed by atoms with E-state index in [0.29, 0.717) is 6.61 Å². The predicted molar refractivity (Wildman–Crippen MR) is 63.4 cm³/mol. The molecule has 1 unspecified atom stereocenters. The van der Waals surface area contributed by atoms with Crippen molar-refractivity contribution in [2.45, 2.75) is 12.8 Å². The lowest BCUT2D eigenvalue weighted by atomic mass is 10.2. The van der Waals surface area contributed by atoms with E-state index in [4.69, 9.17) is 10.5 Å². The Hall–Kier alpha value is -1.64. The predicted octanol–water partition coefficient (Wildman–Crippen LogP) is 2.66. The van der Waals surface area contributed by atoms with Gasteiger partial charge >= 0.3 is 0 Å². The highest BCUT2D eigenvalue weighted by Gasteiger charge is 2.05. The second-order valence-corrected chi connectivity index (χ2v) is 3.54. The van der Waals surface area contributed by atoms with Gasteiger partial charge in [0.1, 0.15) is 6.23 Å². The highest BCUT2D eigenvalue weighted by atomic mass is 16.5. The summed E-state index contributed by atoms with van der Waals surface area (Å²) in [4.78, 5) is 0. The molecule has 2 N–H and O–H groups in total. The summed E-state index contributed by atoms with van der Waals surface area (Å²) >= 11 is 0. The van der Waals surface area contributed by atoms with Crippen molar-refractivity contribution in [1.82, 2.24) is 0 Å². The Morgan fingerprint density at radius 1 is 1.06 bits per heavy atom. The van der Waals surface area contributed by atoms with Gasteiger partial charge in [0.15, 0.2) is 0 Å². The lowest BCUT2D eigenvalue weighted by Gasteiger charge is -2.12. The number of hydrogen-bond acceptors (Lipinski definition) is 2. The van der Waals surface area contributed by atoms with Gasteiger partial charge in [0, 0.05) is 5.56 Å². The molecule has 0 saturated heterocycles. The summed E-state index contributed by atoms with van der Waals surface area (Å²) in [5, 5.41) is 0. The van der Waals surface area contributed by atoms with Crippen molar-refractivity contribution in [2.24, 2.45) is 5.73 Å². The molecule has 81 valence electrons. The molecular weight excluding hydrogens is 198 g/mol. The molecule has 1 radical (unpaired) electrons. The van der Waals surface area contributed by atoms with E-state index in [1.165, 1.54) is 0 Å². The Balaban J connectivity index is 1.92. The zero-order valence-corrected chi connectivity index (χ0v) is 8.97. The summed E-state index contributed by atoms with van der Waals surface area (Å²) in [6, 6.07) is 20.6. The highest BCUT2D eigenvalue weighted by molar-refractivity contribution is 5.16. The van der Waals surface area contributed by atoms with E-state index in [2.05, 4.69) is 6.07 Å². The van der Waals surface area contributed by atoms with Gasteiger partial charge in [-0.2, -0.15) is 0 Å². The average molecular weight is 212 g/mol. The van der Waals surface area contributed by atoms with Crippen molar-refractivity contribution in [2.75, 3.05) is 0 Å². The highest BCUT2D eigenvalue weighted by Crippen LogP contribution is 2.12. The summed E-state index contributed by atoms with van der Waals surface area (Å²) in [5.41, 5.74) is 7.88. The summed E-state index contributed by atoms with van der Waals surface area (Å²) in [5.74, 6) is 0. The van der Waals surface area contributed by atoms with Crippen LogP contribution < -0.4 is 5.73 Å². The molecule has 0 heterocycles. The first-order valence-electron chi connectivity index (χ1n) is 5.24. The van der Waals surface area contributed by atoms with Crippen LogP contribution in [0.5, 0.6) is 0 Å². The van der Waals surface area contributed by atoms with Crippen molar-refractivity contribution in [3.05, 3.63) is 71.8 Å². The van der Waals surface area contributed by atoms with Crippen molar-refractivity contribution in [1.29, 1.82) is 0 Å². The van der Waals surface area contributed by atoms with Crippen LogP contribution in [0.25, 0.3) is 0 Å². The first-order valence-corrected chi connectivity index (χ1v) is 5.24. The molecule has 0 aromatic heterocycles. The average Bonchev–Trinajstić information content (AvgIpc) is 2.38. The van der Waals surface area contributed by atoms with Gasteiger partial charge in [-0.1, -0.05) is 54.6 Å². The Bertz CT molecular complexity index is 413. The monoisotopic (exact) mass is 212 g/mol. The molecule has 1 atom stereocenters. The maximum atomic E-state index is 5.89. The molecule has 0 aliphatic rings. The second kappa shape index (κ2) is 5.45. The van der Waals surface area contributed by atoms with Crippen molar-refractivity contribution in [3.63, 3.8) is 0 Å². The molecule has 0 bridgehead atoms. The number of benzene rings is 2. The molecule has 0 fully saturated rings. The van der Waals surface area contributed by atoms with Crippen LogP contribution in [-0.2, 0) is 11.3 Å². The van der Waals surface area contributed by atoms with Crippen molar-refractivity contribution >= 4 is 0 Å². The molecule has 2 nitrogen and oxygen atoms in total. The maximum Gasteiger partial charge on any atom is 0.132 e. The van der Waals surface area contributed by atoms with Crippen LogP contribution in [0.15, 0.2) is 54.6 Å². The summed E-state index contributed by atoms with van der Waals surface area (Å²) < 4.78 is 5.56. The second-order valence-electron chi connectivity index (χ2n) is 3.54. The van der Waals surface area contributed by atoms with Gasteiger partial charge in [-0.3, -0.25) is 0 Å². The van der Waals surface area contributed by atoms with E-state index in [1.54, 1.807) is 0 Å². The maximum absolute atomic E-state index is 5.89. The Morgan fingerprint density at radius 2 is 1.81 bits per heavy atom. The molecule has 0 aliphatic carbocycles. The van der Waals surface area contributed by atoms with Crippen LogP contribution in [-0.4, -0.2) is 0 Å². The quantitative estimate of drug-likeness (QED) is 0.791. The van der Waals surface area contributed by atoms with E-state index in [-0.39, 0.29) is 0 Å². The van der Waals surface area contributed by atoms with Gasteiger partial charge in [-0.25, -0.2) is 0 Å². The minimum Gasteiger partial charge on any atom is -0.355 e. The number of rotatable bonds is 4. The Morgan fingerprint density at radius 3 is 2.50 bits per heavy atom. The molecule has 2 aromatic rings. The molecule has 2 aromatic carbocycles. The molecule has 0 saturated carbocycles. The van der Waals surface area contributed by atoms with Crippen LogP contribution >= 0.6 is 0 Å². The lowest BCUT2D eigenvalue weighted by Crippen LogP contribution is -2.14. The van der Waals surface area contributed by atoms with Gasteiger partial charge in [0.2, 0.25) is 0 Å². The third kappa shape index (κ3) is 2.92. The molecular formula is C14H14NO. The van der Waals surface area contributed by atoms with Crippen LogP contribution in [0.3, 0.4) is 0 Å². The summed E-state index contributed by atoms with van der Waals surface area (Å²) in [6.45, 7) is 0.519. The number of nitrogens with two attached hydrogens (primary N) is 1.